The number of carbonyl (C=O) groups is 2. The molecule has 11 heteroatoms. The molecule has 11 nitrogen and oxygen atoms in total. The third kappa shape index (κ3) is 8.16. The first kappa shape index (κ1) is 32.3. The SMILES string of the molecule is CCCCc1nc2c(N)nc3ccccc3c2n1CCCN(Cc1cccc(CC(=O)O)c1)C(=O)CN1CCN(CCO)CC1. The maximum atomic E-state index is 13.8. The molecule has 0 aliphatic carbocycles. The first-order valence-electron chi connectivity index (χ1n) is 16.0. The number of aromatic nitrogens is 3. The zero-order chi connectivity index (χ0) is 31.8. The summed E-state index contributed by atoms with van der Waals surface area (Å²) in [6, 6.07) is 15.5. The van der Waals surface area contributed by atoms with Crippen LogP contribution in [0.25, 0.3) is 21.9 Å². The van der Waals surface area contributed by atoms with Crippen LogP contribution in [0.5, 0.6) is 0 Å². The van der Waals surface area contributed by atoms with E-state index in [0.717, 1.165) is 84.3 Å². The van der Waals surface area contributed by atoms with Gasteiger partial charge in [-0.3, -0.25) is 19.4 Å². The number of piperazine rings is 1. The van der Waals surface area contributed by atoms with E-state index in [0.29, 0.717) is 45.0 Å². The van der Waals surface area contributed by atoms with Gasteiger partial charge in [0.1, 0.15) is 11.3 Å². The van der Waals surface area contributed by atoms with E-state index < -0.39 is 5.97 Å². The van der Waals surface area contributed by atoms with E-state index in [2.05, 4.69) is 32.3 Å². The Bertz CT molecular complexity index is 1610. The molecule has 1 aliphatic heterocycles. The van der Waals surface area contributed by atoms with Gasteiger partial charge in [-0.25, -0.2) is 9.97 Å². The van der Waals surface area contributed by atoms with E-state index in [9.17, 15) is 19.8 Å². The average Bonchev–Trinajstić information content (AvgIpc) is 3.39. The molecule has 5 rings (SSSR count). The second kappa shape index (κ2) is 15.3. The lowest BCUT2D eigenvalue weighted by atomic mass is 10.1. The molecule has 1 aliphatic rings. The van der Waals surface area contributed by atoms with Gasteiger partial charge in [0.15, 0.2) is 5.82 Å². The van der Waals surface area contributed by atoms with Gasteiger partial charge < -0.3 is 25.4 Å². The van der Waals surface area contributed by atoms with E-state index >= 15 is 0 Å². The third-order valence-electron chi connectivity index (χ3n) is 8.57. The molecule has 0 saturated carbocycles. The summed E-state index contributed by atoms with van der Waals surface area (Å²) in [6.45, 7) is 8.10. The van der Waals surface area contributed by atoms with E-state index in [1.807, 2.05) is 47.4 Å². The second-order valence-electron chi connectivity index (χ2n) is 11.9. The highest BCUT2D eigenvalue weighted by Gasteiger charge is 2.23. The highest BCUT2D eigenvalue weighted by atomic mass is 16.4. The lowest BCUT2D eigenvalue weighted by Gasteiger charge is -2.35. The molecule has 0 bridgehead atoms. The monoisotopic (exact) mass is 615 g/mol. The number of carboxylic acids is 1. The first-order valence-corrected chi connectivity index (χ1v) is 16.0. The third-order valence-corrected chi connectivity index (χ3v) is 8.57. The molecular weight excluding hydrogens is 570 g/mol. The second-order valence-corrected chi connectivity index (χ2v) is 11.9. The summed E-state index contributed by atoms with van der Waals surface area (Å²) in [5, 5.41) is 19.6. The summed E-state index contributed by atoms with van der Waals surface area (Å²) >= 11 is 0. The number of benzene rings is 2. The van der Waals surface area contributed by atoms with Crippen LogP contribution in [0.4, 0.5) is 5.82 Å². The van der Waals surface area contributed by atoms with Crippen molar-refractivity contribution in [2.45, 2.75) is 52.1 Å². The normalized spacial score (nSPS) is 14.4. The minimum absolute atomic E-state index is 0.0508. The molecular formula is C34H45N7O4. The summed E-state index contributed by atoms with van der Waals surface area (Å²) in [7, 11) is 0. The Morgan fingerprint density at radius 3 is 2.47 bits per heavy atom. The van der Waals surface area contributed by atoms with E-state index in [4.69, 9.17) is 10.7 Å². The zero-order valence-corrected chi connectivity index (χ0v) is 26.2. The van der Waals surface area contributed by atoms with Crippen molar-refractivity contribution in [3.05, 3.63) is 65.5 Å². The van der Waals surface area contributed by atoms with Crippen molar-refractivity contribution in [2.75, 3.05) is 58.2 Å². The van der Waals surface area contributed by atoms with Gasteiger partial charge in [0, 0.05) is 64.2 Å². The van der Waals surface area contributed by atoms with Crippen LogP contribution in [-0.4, -0.2) is 104 Å². The van der Waals surface area contributed by atoms with Crippen molar-refractivity contribution >= 4 is 39.6 Å². The van der Waals surface area contributed by atoms with Gasteiger partial charge in [-0.05, 0) is 30.0 Å². The Kier molecular flexibility index (Phi) is 11.0. The lowest BCUT2D eigenvalue weighted by Crippen LogP contribution is -2.50. The Hall–Kier alpha value is -4.06. The van der Waals surface area contributed by atoms with Crippen LogP contribution < -0.4 is 5.73 Å². The summed E-state index contributed by atoms with van der Waals surface area (Å²) < 4.78 is 2.27. The number of amides is 1. The molecule has 2 aromatic carbocycles. The summed E-state index contributed by atoms with van der Waals surface area (Å²) in [5.74, 6) is 0.582. The Morgan fingerprint density at radius 1 is 0.956 bits per heavy atom. The lowest BCUT2D eigenvalue weighted by molar-refractivity contribution is -0.136. The van der Waals surface area contributed by atoms with Crippen LogP contribution >= 0.6 is 0 Å². The van der Waals surface area contributed by atoms with Crippen LogP contribution in [0.1, 0.15) is 43.1 Å². The number of aliphatic carboxylic acids is 1. The maximum Gasteiger partial charge on any atom is 0.307 e. The fraction of sp³-hybridized carbons (Fsp3) is 0.471. The summed E-state index contributed by atoms with van der Waals surface area (Å²) in [5.41, 5.74) is 10.6. The van der Waals surface area contributed by atoms with Gasteiger partial charge >= 0.3 is 5.97 Å². The number of carbonyl (C=O) groups excluding carboxylic acids is 1. The zero-order valence-electron chi connectivity index (χ0n) is 26.2. The number of fused-ring (bicyclic) bond motifs is 3. The molecule has 4 aromatic rings. The number of unbranched alkanes of at least 4 members (excludes halogenated alkanes) is 1. The van der Waals surface area contributed by atoms with Crippen molar-refractivity contribution in [1.29, 1.82) is 0 Å². The van der Waals surface area contributed by atoms with Crippen molar-refractivity contribution in [3.8, 4) is 0 Å². The minimum Gasteiger partial charge on any atom is -0.481 e. The van der Waals surface area contributed by atoms with Crippen LogP contribution in [0.15, 0.2) is 48.5 Å². The van der Waals surface area contributed by atoms with E-state index in [1.165, 1.54) is 0 Å². The number of aliphatic hydroxyl groups excluding tert-OH is 1. The number of nitrogens with two attached hydrogens (primary N) is 1. The molecule has 0 unspecified atom stereocenters. The fourth-order valence-corrected chi connectivity index (χ4v) is 6.22. The summed E-state index contributed by atoms with van der Waals surface area (Å²) in [6.07, 6.45) is 3.55. The standard InChI is InChI=1S/C34H45N7O4/c1-2-3-12-29-37-32-33(27-10-4-5-11-28(27)36-34(32)35)41(29)14-7-13-40(23-26-9-6-8-25(21-26)22-31(44)45)30(43)24-39-17-15-38(16-18-39)19-20-42/h4-6,8-11,21,42H,2-3,7,12-20,22-24H2,1H3,(H2,35,36)(H,44,45). The molecule has 0 radical (unpaired) electrons. The highest BCUT2D eigenvalue weighted by molar-refractivity contribution is 6.06. The Morgan fingerprint density at radius 2 is 1.71 bits per heavy atom. The number of anilines is 1. The number of pyridine rings is 1. The van der Waals surface area contributed by atoms with Crippen LogP contribution in [0.3, 0.4) is 0 Å². The van der Waals surface area contributed by atoms with E-state index in [1.54, 1.807) is 0 Å². The predicted molar refractivity (Wildman–Crippen MR) is 176 cm³/mol. The average molecular weight is 616 g/mol. The number of imidazole rings is 1. The first-order chi connectivity index (χ1) is 21.9. The highest BCUT2D eigenvalue weighted by Crippen LogP contribution is 2.29. The number of aryl methyl sites for hydroxylation is 2. The number of hydrogen-bond acceptors (Lipinski definition) is 8. The number of para-hydroxylation sites is 1. The molecule has 4 N–H and O–H groups in total. The maximum absolute atomic E-state index is 13.8. The molecule has 3 heterocycles. The van der Waals surface area contributed by atoms with Crippen molar-refractivity contribution in [1.82, 2.24) is 29.2 Å². The van der Waals surface area contributed by atoms with Crippen LogP contribution in [0.2, 0.25) is 0 Å². The Balaban J connectivity index is 1.37. The predicted octanol–water partition coefficient (Wildman–Crippen LogP) is 3.17. The number of nitrogen functional groups attached to an aromatic ring is 1. The topological polar surface area (TPSA) is 141 Å². The van der Waals surface area contributed by atoms with E-state index in [-0.39, 0.29) is 18.9 Å². The Labute approximate surface area is 264 Å². The number of nitrogens with zero attached hydrogens (tertiary/aromatic N) is 6. The smallest absolute Gasteiger partial charge is 0.307 e. The van der Waals surface area contributed by atoms with Gasteiger partial charge in [0.25, 0.3) is 0 Å². The molecule has 240 valence electrons. The number of rotatable bonds is 15. The van der Waals surface area contributed by atoms with Gasteiger partial charge in [0.05, 0.1) is 30.6 Å². The molecule has 2 aromatic heterocycles. The van der Waals surface area contributed by atoms with Gasteiger partial charge in [-0.1, -0.05) is 55.8 Å². The fourth-order valence-electron chi connectivity index (χ4n) is 6.22. The van der Waals surface area contributed by atoms with Gasteiger partial charge in [-0.15, -0.1) is 0 Å². The number of aliphatic hydroxyl groups is 1. The van der Waals surface area contributed by atoms with Gasteiger partial charge in [-0.2, -0.15) is 0 Å². The molecule has 1 fully saturated rings. The molecule has 45 heavy (non-hydrogen) atoms. The minimum atomic E-state index is -0.879. The van der Waals surface area contributed by atoms with Crippen LogP contribution in [0, 0.1) is 0 Å². The number of β-amino-alcohol motifs (C(OH)–C–C–N with tert-alkyl or cyclic N) is 1. The van der Waals surface area contributed by atoms with Crippen molar-refractivity contribution in [2.24, 2.45) is 0 Å². The summed E-state index contributed by atoms with van der Waals surface area (Å²) in [4.78, 5) is 41.0. The van der Waals surface area contributed by atoms with Crippen molar-refractivity contribution in [3.63, 3.8) is 0 Å². The van der Waals surface area contributed by atoms with Crippen molar-refractivity contribution < 1.29 is 19.8 Å². The molecule has 0 spiro atoms. The largest absolute Gasteiger partial charge is 0.481 e. The molecule has 0 atom stereocenters. The number of carboxylic acid groups (broad SMARTS) is 1. The molecule has 1 saturated heterocycles. The number of hydrogen-bond donors (Lipinski definition) is 3. The van der Waals surface area contributed by atoms with Gasteiger partial charge in [0.2, 0.25) is 5.91 Å². The molecule has 1 amide bonds. The van der Waals surface area contributed by atoms with Crippen LogP contribution in [-0.2, 0) is 35.5 Å². The quantitative estimate of drug-likeness (QED) is 0.184.